The van der Waals surface area contributed by atoms with Crippen LogP contribution in [0.25, 0.3) is 0 Å². The van der Waals surface area contributed by atoms with Gasteiger partial charge in [0.2, 0.25) is 14.3 Å². The van der Waals surface area contributed by atoms with Crippen LogP contribution in [0.3, 0.4) is 0 Å². The number of anilines is 3. The predicted molar refractivity (Wildman–Crippen MR) is 224 cm³/mol. The lowest BCUT2D eigenvalue weighted by Crippen LogP contribution is -2.55. The lowest BCUT2D eigenvalue weighted by atomic mass is 9.82. The second-order valence-electron chi connectivity index (χ2n) is 17.3. The number of fused-ring (bicyclic) bond motifs is 3. The lowest BCUT2D eigenvalue weighted by Gasteiger charge is -2.39. The third kappa shape index (κ3) is 6.18. The van der Waals surface area contributed by atoms with Gasteiger partial charge in [-0.25, -0.2) is 0 Å². The number of benzene rings is 4. The van der Waals surface area contributed by atoms with E-state index < -0.39 is 43.2 Å². The standard InChI is InChI=1S/C46H52FN5O5Si/c1-31-42(58(2,3)47)40(26-41(54)49-28-34-12-8-7-11-33(34)25-37(49)29-53)57-46(31)38-15-9-10-16-39(38)50(44(46)56)27-32-17-19-35(20-18-32)51-30-52(36-13-5-4-6-14-36)45(43(51)55)21-23-48-24-22-45/h4-20,31,37,40,42,48,53H,21-30H2,1-3H3/t31-,37+,40+,42-,46+/m1/s1. The Kier molecular flexibility index (Phi) is 9.82. The number of aliphatic hydroxyl groups is 1. The first-order valence-corrected chi connectivity index (χ1v) is 23.6. The van der Waals surface area contributed by atoms with E-state index in [2.05, 4.69) is 22.3 Å². The molecule has 0 bridgehead atoms. The Labute approximate surface area is 340 Å². The first-order valence-electron chi connectivity index (χ1n) is 20.7. The highest BCUT2D eigenvalue weighted by Gasteiger charge is 2.67. The van der Waals surface area contributed by atoms with E-state index in [-0.39, 0.29) is 37.3 Å². The molecule has 2 N–H and O–H groups in total. The second kappa shape index (κ2) is 14.7. The van der Waals surface area contributed by atoms with Gasteiger partial charge in [-0.2, -0.15) is 0 Å². The van der Waals surface area contributed by atoms with E-state index in [9.17, 15) is 14.7 Å². The fourth-order valence-corrected chi connectivity index (χ4v) is 13.3. The molecule has 0 aliphatic carbocycles. The van der Waals surface area contributed by atoms with Gasteiger partial charge < -0.3 is 34.0 Å². The zero-order chi connectivity index (χ0) is 40.4. The van der Waals surface area contributed by atoms with Gasteiger partial charge in [-0.05, 0) is 92.5 Å². The van der Waals surface area contributed by atoms with E-state index in [1.54, 1.807) is 22.9 Å². The maximum atomic E-state index is 16.6. The quantitative estimate of drug-likeness (QED) is 0.160. The molecule has 0 saturated carbocycles. The van der Waals surface area contributed by atoms with E-state index in [0.29, 0.717) is 30.9 Å². The lowest BCUT2D eigenvalue weighted by molar-refractivity contribution is -0.151. The van der Waals surface area contributed by atoms with Crippen LogP contribution in [-0.2, 0) is 44.2 Å². The smallest absolute Gasteiger partial charge is 0.264 e. The molecule has 5 aliphatic rings. The van der Waals surface area contributed by atoms with Crippen LogP contribution in [0.2, 0.25) is 18.6 Å². The molecule has 5 atom stereocenters. The average molecular weight is 802 g/mol. The molecule has 4 aromatic rings. The number of piperidine rings is 1. The Morgan fingerprint density at radius 2 is 1.55 bits per heavy atom. The van der Waals surface area contributed by atoms with Gasteiger partial charge in [0, 0.05) is 34.9 Å². The highest BCUT2D eigenvalue weighted by molar-refractivity contribution is 6.72. The molecule has 302 valence electrons. The minimum atomic E-state index is -3.51. The monoisotopic (exact) mass is 801 g/mol. The molecule has 10 nitrogen and oxygen atoms in total. The summed E-state index contributed by atoms with van der Waals surface area (Å²) < 4.78 is 23.5. The number of ether oxygens (including phenoxy) is 1. The fourth-order valence-electron chi connectivity index (χ4n) is 10.8. The summed E-state index contributed by atoms with van der Waals surface area (Å²) in [5, 5.41) is 13.7. The number of nitrogens with one attached hydrogen (secondary N) is 1. The molecule has 0 unspecified atom stereocenters. The minimum Gasteiger partial charge on any atom is -0.394 e. The molecule has 5 aliphatic heterocycles. The maximum Gasteiger partial charge on any atom is 0.264 e. The summed E-state index contributed by atoms with van der Waals surface area (Å²) in [5.74, 6) is -0.909. The van der Waals surface area contributed by atoms with Crippen molar-refractivity contribution in [1.29, 1.82) is 0 Å². The summed E-state index contributed by atoms with van der Waals surface area (Å²) in [7, 11) is -3.51. The van der Waals surface area contributed by atoms with Crippen molar-refractivity contribution < 1.29 is 28.3 Å². The van der Waals surface area contributed by atoms with Crippen molar-refractivity contribution in [1.82, 2.24) is 10.2 Å². The third-order valence-electron chi connectivity index (χ3n) is 13.7. The van der Waals surface area contributed by atoms with Crippen molar-refractivity contribution in [2.75, 3.05) is 41.1 Å². The minimum absolute atomic E-state index is 0.0819. The Balaban J connectivity index is 0.974. The zero-order valence-electron chi connectivity index (χ0n) is 33.4. The highest BCUT2D eigenvalue weighted by Crippen LogP contribution is 2.60. The SMILES string of the molecule is C[C@@H]1[C@@H]([Si](C)(C)F)[C@H](CC(=O)N2Cc3ccccc3C[C@H]2CO)O[C@@]12C(=O)N(Cc1ccc(N3CN(c4ccccc4)C4(CCNCC4)C3=O)cc1)c1ccccc12. The number of rotatable bonds is 8. The van der Waals surface area contributed by atoms with E-state index in [1.165, 1.54) is 0 Å². The van der Waals surface area contributed by atoms with Crippen molar-refractivity contribution in [2.24, 2.45) is 5.92 Å². The van der Waals surface area contributed by atoms with Gasteiger partial charge in [0.05, 0.1) is 44.1 Å². The number of nitrogens with zero attached hydrogens (tertiary/aromatic N) is 4. The van der Waals surface area contributed by atoms with Crippen LogP contribution in [0.5, 0.6) is 0 Å². The van der Waals surface area contributed by atoms with Crippen LogP contribution in [0.15, 0.2) is 103 Å². The molecule has 58 heavy (non-hydrogen) atoms. The van der Waals surface area contributed by atoms with Crippen molar-refractivity contribution in [3.63, 3.8) is 0 Å². The second-order valence-corrected chi connectivity index (χ2v) is 21.1. The number of carbonyl (C=O) groups excluding carboxylic acids is 3. The molecule has 3 fully saturated rings. The third-order valence-corrected chi connectivity index (χ3v) is 16.1. The molecular formula is C46H52FN5O5Si. The summed E-state index contributed by atoms with van der Waals surface area (Å²) in [6.07, 6.45) is 1.09. The van der Waals surface area contributed by atoms with E-state index >= 15 is 8.90 Å². The van der Waals surface area contributed by atoms with Gasteiger partial charge >= 0.3 is 0 Å². The number of para-hydroxylation sites is 2. The summed E-state index contributed by atoms with van der Waals surface area (Å²) in [6, 6.07) is 33.1. The van der Waals surface area contributed by atoms with Crippen LogP contribution >= 0.6 is 0 Å². The van der Waals surface area contributed by atoms with Gasteiger partial charge in [-0.15, -0.1) is 0 Å². The molecule has 0 aromatic heterocycles. The first-order chi connectivity index (χ1) is 28.0. The Hall–Kier alpha value is -4.88. The highest BCUT2D eigenvalue weighted by atomic mass is 28.4. The van der Waals surface area contributed by atoms with E-state index in [4.69, 9.17) is 4.74 Å². The summed E-state index contributed by atoms with van der Waals surface area (Å²) in [6.45, 7) is 7.62. The fraction of sp³-hybridized carbons (Fsp3) is 0.413. The normalized spacial score (nSPS) is 26.5. The molecule has 12 heteroatoms. The maximum absolute atomic E-state index is 16.6. The molecular weight excluding hydrogens is 750 g/mol. The van der Waals surface area contributed by atoms with Crippen molar-refractivity contribution in [2.45, 2.75) is 87.6 Å². The number of hydrogen-bond acceptors (Lipinski definition) is 7. The van der Waals surface area contributed by atoms with Crippen molar-refractivity contribution in [3.8, 4) is 0 Å². The topological polar surface area (TPSA) is 106 Å². The largest absolute Gasteiger partial charge is 0.394 e. The summed E-state index contributed by atoms with van der Waals surface area (Å²) in [4.78, 5) is 51.0. The summed E-state index contributed by atoms with van der Waals surface area (Å²) >= 11 is 0. The number of aliphatic hydroxyl groups excluding tert-OH is 1. The van der Waals surface area contributed by atoms with Gasteiger partial charge in [0.15, 0.2) is 5.60 Å². The first kappa shape index (κ1) is 38.6. The number of halogens is 1. The van der Waals surface area contributed by atoms with Crippen molar-refractivity contribution >= 4 is 43.2 Å². The molecule has 0 radical (unpaired) electrons. The number of carbonyl (C=O) groups is 3. The van der Waals surface area contributed by atoms with E-state index in [0.717, 1.165) is 54.0 Å². The van der Waals surface area contributed by atoms with Crippen molar-refractivity contribution in [3.05, 3.63) is 125 Å². The van der Waals surface area contributed by atoms with Gasteiger partial charge in [-0.3, -0.25) is 19.3 Å². The van der Waals surface area contributed by atoms with Gasteiger partial charge in [0.1, 0.15) is 5.54 Å². The Morgan fingerprint density at radius 1 is 0.879 bits per heavy atom. The van der Waals surface area contributed by atoms with Gasteiger partial charge in [0.25, 0.3) is 11.8 Å². The van der Waals surface area contributed by atoms with Gasteiger partial charge in [-0.1, -0.05) is 79.7 Å². The average Bonchev–Trinajstić information content (AvgIpc) is 3.78. The van der Waals surface area contributed by atoms with Crippen LogP contribution in [0, 0.1) is 5.92 Å². The molecule has 4 aromatic carbocycles. The molecule has 9 rings (SSSR count). The number of amides is 3. The van der Waals surface area contributed by atoms with Crippen LogP contribution in [0.1, 0.15) is 48.4 Å². The van der Waals surface area contributed by atoms with Crippen LogP contribution in [-0.4, -0.2) is 80.2 Å². The molecule has 3 amide bonds. The summed E-state index contributed by atoms with van der Waals surface area (Å²) in [5.41, 5.74) is 3.55. The van der Waals surface area contributed by atoms with Crippen LogP contribution in [0.4, 0.5) is 21.2 Å². The predicted octanol–water partition coefficient (Wildman–Crippen LogP) is 6.28. The molecule has 5 heterocycles. The Bertz CT molecular complexity index is 2210. The van der Waals surface area contributed by atoms with E-state index in [1.807, 2.05) is 103 Å². The Morgan fingerprint density at radius 3 is 2.26 bits per heavy atom. The molecule has 3 saturated heterocycles. The van der Waals surface area contributed by atoms with Crippen LogP contribution < -0.4 is 20.0 Å². The molecule has 2 spiro atoms. The zero-order valence-corrected chi connectivity index (χ0v) is 34.4. The number of hydrogen-bond donors (Lipinski definition) is 2.